The summed E-state index contributed by atoms with van der Waals surface area (Å²) in [6.45, 7) is 2.03. The highest BCUT2D eigenvalue weighted by Gasteiger charge is 2.17. The number of anilines is 1. The summed E-state index contributed by atoms with van der Waals surface area (Å²) >= 11 is 0. The largest absolute Gasteiger partial charge is 0.484 e. The zero-order valence-corrected chi connectivity index (χ0v) is 15.2. The molecule has 0 unspecified atom stereocenters. The van der Waals surface area contributed by atoms with Gasteiger partial charge in [0.15, 0.2) is 6.61 Å². The van der Waals surface area contributed by atoms with Crippen LogP contribution in [0.25, 0.3) is 0 Å². The predicted molar refractivity (Wildman–Crippen MR) is 95.1 cm³/mol. The molecule has 2 rings (SSSR count). The topological polar surface area (TPSA) is 103 Å². The number of rotatable bonds is 7. The number of nitrogens with zero attached hydrogens (tertiary/aromatic N) is 1. The minimum atomic E-state index is -0.728. The number of carbonyl (C=O) groups is 3. The van der Waals surface area contributed by atoms with Crippen molar-refractivity contribution in [1.82, 2.24) is 4.90 Å². The van der Waals surface area contributed by atoms with Gasteiger partial charge in [-0.2, -0.15) is 0 Å². The molecule has 0 spiro atoms. The zero-order valence-electron chi connectivity index (χ0n) is 15.2. The number of morpholine rings is 1. The maximum atomic E-state index is 12.1. The van der Waals surface area contributed by atoms with E-state index in [4.69, 9.17) is 9.47 Å². The summed E-state index contributed by atoms with van der Waals surface area (Å²) in [4.78, 5) is 37.0. The predicted octanol–water partition coefficient (Wildman–Crippen LogP) is 0.566. The summed E-state index contributed by atoms with van der Waals surface area (Å²) < 4.78 is 19.9. The maximum Gasteiger partial charge on any atom is 0.354 e. The molecule has 1 amide bonds. The summed E-state index contributed by atoms with van der Waals surface area (Å²) in [6, 6.07) is 6.63. The van der Waals surface area contributed by atoms with Crippen LogP contribution in [0.5, 0.6) is 5.75 Å². The third kappa shape index (κ3) is 6.30. The zero-order chi connectivity index (χ0) is 19.6. The van der Waals surface area contributed by atoms with Crippen LogP contribution in [0.15, 0.2) is 36.0 Å². The van der Waals surface area contributed by atoms with Crippen LogP contribution in [0.2, 0.25) is 0 Å². The number of carbonyl (C=O) groups excluding carboxylic acids is 3. The highest BCUT2D eigenvalue weighted by molar-refractivity contribution is 5.98. The van der Waals surface area contributed by atoms with E-state index < -0.39 is 11.9 Å². The lowest BCUT2D eigenvalue weighted by atomic mass is 10.2. The molecule has 1 fully saturated rings. The minimum Gasteiger partial charge on any atom is -0.484 e. The first-order valence-electron chi connectivity index (χ1n) is 8.27. The third-order valence-corrected chi connectivity index (χ3v) is 3.71. The Hall–Kier alpha value is -3.07. The van der Waals surface area contributed by atoms with E-state index in [1.807, 2.05) is 0 Å². The van der Waals surface area contributed by atoms with Crippen molar-refractivity contribution in [2.24, 2.45) is 0 Å². The molecule has 146 valence electrons. The molecule has 1 aliphatic heterocycles. The molecule has 0 saturated carbocycles. The molecule has 9 nitrogen and oxygen atoms in total. The average molecular weight is 378 g/mol. The number of esters is 2. The number of nitrogens with one attached hydrogen (secondary N) is 1. The number of hydrogen-bond donors (Lipinski definition) is 1. The fraction of sp³-hybridized carbons (Fsp3) is 0.389. The van der Waals surface area contributed by atoms with Crippen LogP contribution in [0, 0.1) is 0 Å². The van der Waals surface area contributed by atoms with Crippen molar-refractivity contribution in [2.75, 3.05) is 52.4 Å². The Bertz CT molecular complexity index is 711. The van der Waals surface area contributed by atoms with Gasteiger partial charge >= 0.3 is 11.9 Å². The second-order valence-corrected chi connectivity index (χ2v) is 5.51. The van der Waals surface area contributed by atoms with Crippen molar-refractivity contribution < 1.29 is 33.3 Å². The van der Waals surface area contributed by atoms with Crippen LogP contribution in [-0.2, 0) is 28.6 Å². The summed E-state index contributed by atoms with van der Waals surface area (Å²) in [7, 11) is 2.40. The first-order valence-corrected chi connectivity index (χ1v) is 8.27. The second-order valence-electron chi connectivity index (χ2n) is 5.51. The summed E-state index contributed by atoms with van der Waals surface area (Å²) in [5.41, 5.74) is 0.387. The SMILES string of the molecule is COC(=O)/C=C(/Nc1cccc(OCC(=O)N2CCOCC2)c1)C(=O)OC. The first-order chi connectivity index (χ1) is 13.0. The van der Waals surface area contributed by atoms with Gasteiger partial charge in [-0.3, -0.25) is 4.79 Å². The van der Waals surface area contributed by atoms with E-state index in [9.17, 15) is 14.4 Å². The fourth-order valence-corrected chi connectivity index (χ4v) is 2.30. The van der Waals surface area contributed by atoms with Crippen LogP contribution < -0.4 is 10.1 Å². The van der Waals surface area contributed by atoms with Crippen molar-refractivity contribution in [3.8, 4) is 5.75 Å². The standard InChI is InChI=1S/C18H22N2O7/c1-24-17(22)11-15(18(23)25-2)19-13-4-3-5-14(10-13)27-12-16(21)20-6-8-26-9-7-20/h3-5,10-11,19H,6-9,12H2,1-2H3/b15-11+. The molecule has 0 radical (unpaired) electrons. The van der Waals surface area contributed by atoms with Gasteiger partial charge < -0.3 is 29.2 Å². The van der Waals surface area contributed by atoms with E-state index >= 15 is 0 Å². The van der Waals surface area contributed by atoms with E-state index in [1.54, 1.807) is 29.2 Å². The number of ether oxygens (including phenoxy) is 4. The van der Waals surface area contributed by atoms with Gasteiger partial charge in [0.05, 0.1) is 33.5 Å². The fourth-order valence-electron chi connectivity index (χ4n) is 2.30. The Morgan fingerprint density at radius 1 is 1.19 bits per heavy atom. The highest BCUT2D eigenvalue weighted by Crippen LogP contribution is 2.19. The van der Waals surface area contributed by atoms with Gasteiger partial charge in [0, 0.05) is 24.8 Å². The van der Waals surface area contributed by atoms with Crippen molar-refractivity contribution in [3.63, 3.8) is 0 Å². The molecule has 27 heavy (non-hydrogen) atoms. The normalized spacial score (nSPS) is 14.3. The highest BCUT2D eigenvalue weighted by atomic mass is 16.5. The molecule has 1 aliphatic rings. The molecule has 1 aromatic rings. The third-order valence-electron chi connectivity index (χ3n) is 3.71. The lowest BCUT2D eigenvalue weighted by molar-refractivity contribution is -0.138. The van der Waals surface area contributed by atoms with Gasteiger partial charge in [-0.05, 0) is 12.1 Å². The molecule has 0 aliphatic carbocycles. The van der Waals surface area contributed by atoms with Crippen LogP contribution in [0.1, 0.15) is 0 Å². The molecule has 0 aromatic heterocycles. The maximum absolute atomic E-state index is 12.1. The number of benzene rings is 1. The smallest absolute Gasteiger partial charge is 0.354 e. The molecule has 0 bridgehead atoms. The van der Waals surface area contributed by atoms with Crippen LogP contribution in [-0.4, -0.2) is 69.9 Å². The van der Waals surface area contributed by atoms with Gasteiger partial charge in [0.25, 0.3) is 5.91 Å². The van der Waals surface area contributed by atoms with Crippen LogP contribution in [0.4, 0.5) is 5.69 Å². The van der Waals surface area contributed by atoms with E-state index in [0.29, 0.717) is 37.7 Å². The summed E-state index contributed by atoms with van der Waals surface area (Å²) in [5, 5.41) is 2.78. The van der Waals surface area contributed by atoms with Crippen LogP contribution in [0.3, 0.4) is 0 Å². The molecular weight excluding hydrogens is 356 g/mol. The van der Waals surface area contributed by atoms with Crippen LogP contribution >= 0.6 is 0 Å². The van der Waals surface area contributed by atoms with Crippen molar-refractivity contribution in [3.05, 3.63) is 36.0 Å². The molecule has 9 heteroatoms. The summed E-state index contributed by atoms with van der Waals surface area (Å²) in [6.07, 6.45) is 0.987. The van der Waals surface area contributed by atoms with E-state index in [2.05, 4.69) is 14.8 Å². The monoisotopic (exact) mass is 378 g/mol. The Kier molecular flexibility index (Phi) is 7.63. The molecule has 1 aromatic carbocycles. The number of hydrogen-bond acceptors (Lipinski definition) is 8. The van der Waals surface area contributed by atoms with E-state index in [0.717, 1.165) is 6.08 Å². The van der Waals surface area contributed by atoms with E-state index in [1.165, 1.54) is 14.2 Å². The number of amides is 1. The van der Waals surface area contributed by atoms with Gasteiger partial charge in [-0.25, -0.2) is 9.59 Å². The second kappa shape index (κ2) is 10.2. The van der Waals surface area contributed by atoms with Crippen molar-refractivity contribution in [1.29, 1.82) is 0 Å². The lowest BCUT2D eigenvalue weighted by Gasteiger charge is -2.26. The molecular formula is C18H22N2O7. The van der Waals surface area contributed by atoms with Crippen molar-refractivity contribution in [2.45, 2.75) is 0 Å². The Morgan fingerprint density at radius 2 is 1.93 bits per heavy atom. The quantitative estimate of drug-likeness (QED) is 0.542. The van der Waals surface area contributed by atoms with E-state index in [-0.39, 0.29) is 18.2 Å². The first kappa shape index (κ1) is 20.2. The molecule has 1 heterocycles. The van der Waals surface area contributed by atoms with Crippen molar-refractivity contribution >= 4 is 23.5 Å². The average Bonchev–Trinajstić information content (AvgIpc) is 2.71. The Morgan fingerprint density at radius 3 is 2.59 bits per heavy atom. The minimum absolute atomic E-state index is 0.0918. The van der Waals surface area contributed by atoms with Gasteiger partial charge in [-0.15, -0.1) is 0 Å². The molecule has 1 N–H and O–H groups in total. The summed E-state index contributed by atoms with van der Waals surface area (Å²) in [5.74, 6) is -1.12. The van der Waals surface area contributed by atoms with Gasteiger partial charge in [0.1, 0.15) is 11.4 Å². The Labute approximate surface area is 156 Å². The molecule has 0 atom stereocenters. The lowest BCUT2D eigenvalue weighted by Crippen LogP contribution is -2.42. The van der Waals surface area contributed by atoms with Gasteiger partial charge in [0.2, 0.25) is 0 Å². The number of methoxy groups -OCH3 is 2. The molecule has 1 saturated heterocycles. The van der Waals surface area contributed by atoms with Gasteiger partial charge in [-0.1, -0.05) is 6.07 Å². The Balaban J connectivity index is 2.00.